The molecule has 2 nitrogen and oxygen atoms in total. The summed E-state index contributed by atoms with van der Waals surface area (Å²) in [6, 6.07) is -0.127. The molecule has 0 fully saturated rings. The van der Waals surface area contributed by atoms with Gasteiger partial charge in [0, 0.05) is 12.5 Å². The average Bonchev–Trinajstić information content (AvgIpc) is 1.96. The number of hydrogen-bond acceptors (Lipinski definition) is 2. The fraction of sp³-hybridized carbons (Fsp3) is 1.00. The van der Waals surface area contributed by atoms with Crippen LogP contribution in [-0.4, -0.2) is 30.5 Å². The van der Waals surface area contributed by atoms with Crippen molar-refractivity contribution < 1.29 is 18.3 Å². The molecule has 74 valence electrons. The number of alkyl halides is 3. The molecule has 1 unspecified atom stereocenters. The molecular weight excluding hydrogens is 171 g/mol. The van der Waals surface area contributed by atoms with Gasteiger partial charge in [-0.2, -0.15) is 13.2 Å². The van der Waals surface area contributed by atoms with Crippen LogP contribution in [0.4, 0.5) is 13.2 Å². The summed E-state index contributed by atoms with van der Waals surface area (Å²) in [5, 5.41) is 11.3. The molecule has 0 spiro atoms. The molecule has 0 saturated heterocycles. The fourth-order valence-electron chi connectivity index (χ4n) is 0.702. The van der Waals surface area contributed by atoms with Gasteiger partial charge in [-0.3, -0.25) is 0 Å². The Balaban J connectivity index is 3.22. The van der Waals surface area contributed by atoms with E-state index >= 15 is 0 Å². The summed E-state index contributed by atoms with van der Waals surface area (Å²) in [6.45, 7) is 1.96. The van der Waals surface area contributed by atoms with Crippen molar-refractivity contribution in [2.24, 2.45) is 0 Å². The second-order valence-electron chi connectivity index (χ2n) is 2.76. The fourth-order valence-corrected chi connectivity index (χ4v) is 0.702. The Morgan fingerprint density at radius 3 is 2.42 bits per heavy atom. The first-order chi connectivity index (χ1) is 5.45. The van der Waals surface area contributed by atoms with Crippen molar-refractivity contribution in [2.45, 2.75) is 32.0 Å². The SMILES string of the molecule is CC(CO)NCCCC(F)(F)F. The van der Waals surface area contributed by atoms with Gasteiger partial charge in [-0.15, -0.1) is 0 Å². The van der Waals surface area contributed by atoms with Gasteiger partial charge in [0.2, 0.25) is 0 Å². The minimum absolute atomic E-state index is 0.0496. The lowest BCUT2D eigenvalue weighted by Crippen LogP contribution is -2.30. The monoisotopic (exact) mass is 185 g/mol. The minimum atomic E-state index is -4.07. The summed E-state index contributed by atoms with van der Waals surface area (Å²) in [7, 11) is 0. The zero-order chi connectivity index (χ0) is 9.61. The quantitative estimate of drug-likeness (QED) is 0.633. The molecule has 0 amide bonds. The van der Waals surface area contributed by atoms with E-state index in [1.807, 2.05) is 0 Å². The van der Waals surface area contributed by atoms with E-state index in [-0.39, 0.29) is 19.1 Å². The lowest BCUT2D eigenvalue weighted by atomic mass is 10.3. The molecule has 0 aromatic carbocycles. The maximum atomic E-state index is 11.6. The number of rotatable bonds is 5. The molecule has 12 heavy (non-hydrogen) atoms. The zero-order valence-corrected chi connectivity index (χ0v) is 6.99. The maximum Gasteiger partial charge on any atom is 0.389 e. The predicted octanol–water partition coefficient (Wildman–Crippen LogP) is 1.30. The van der Waals surface area contributed by atoms with Gasteiger partial charge in [0.05, 0.1) is 6.61 Å². The van der Waals surface area contributed by atoms with Crippen molar-refractivity contribution >= 4 is 0 Å². The van der Waals surface area contributed by atoms with E-state index < -0.39 is 12.6 Å². The Bertz CT molecular complexity index is 116. The third-order valence-electron chi connectivity index (χ3n) is 1.40. The minimum Gasteiger partial charge on any atom is -0.395 e. The summed E-state index contributed by atoms with van der Waals surface area (Å²) >= 11 is 0. The van der Waals surface area contributed by atoms with E-state index in [1.54, 1.807) is 6.92 Å². The van der Waals surface area contributed by atoms with Crippen LogP contribution < -0.4 is 5.32 Å². The van der Waals surface area contributed by atoms with Crippen molar-refractivity contribution in [2.75, 3.05) is 13.2 Å². The third-order valence-corrected chi connectivity index (χ3v) is 1.40. The van der Waals surface area contributed by atoms with Gasteiger partial charge in [0.1, 0.15) is 0 Å². The average molecular weight is 185 g/mol. The largest absolute Gasteiger partial charge is 0.395 e. The van der Waals surface area contributed by atoms with Gasteiger partial charge in [-0.05, 0) is 19.9 Å². The second-order valence-corrected chi connectivity index (χ2v) is 2.76. The molecule has 0 aliphatic rings. The second kappa shape index (κ2) is 5.37. The van der Waals surface area contributed by atoms with Crippen LogP contribution in [0.1, 0.15) is 19.8 Å². The lowest BCUT2D eigenvalue weighted by molar-refractivity contribution is -0.135. The maximum absolute atomic E-state index is 11.6. The molecule has 0 radical (unpaired) electrons. The van der Waals surface area contributed by atoms with Crippen LogP contribution in [0.3, 0.4) is 0 Å². The van der Waals surface area contributed by atoms with E-state index in [4.69, 9.17) is 5.11 Å². The molecule has 0 heterocycles. The highest BCUT2D eigenvalue weighted by Gasteiger charge is 2.25. The van der Waals surface area contributed by atoms with Crippen molar-refractivity contribution in [3.63, 3.8) is 0 Å². The molecule has 0 aromatic heterocycles. The molecule has 0 aliphatic heterocycles. The van der Waals surface area contributed by atoms with Crippen molar-refractivity contribution in [3.05, 3.63) is 0 Å². The molecule has 5 heteroatoms. The summed E-state index contributed by atoms with van der Waals surface area (Å²) in [4.78, 5) is 0. The molecular formula is C7H14F3NO. The van der Waals surface area contributed by atoms with Crippen molar-refractivity contribution in [1.82, 2.24) is 5.32 Å². The first-order valence-corrected chi connectivity index (χ1v) is 3.86. The van der Waals surface area contributed by atoms with Gasteiger partial charge < -0.3 is 10.4 Å². The smallest absolute Gasteiger partial charge is 0.389 e. The topological polar surface area (TPSA) is 32.3 Å². The van der Waals surface area contributed by atoms with Gasteiger partial charge in [-0.25, -0.2) is 0 Å². The molecule has 1 atom stereocenters. The number of aliphatic hydroxyl groups is 1. The van der Waals surface area contributed by atoms with Crippen LogP contribution in [0.25, 0.3) is 0 Å². The summed E-state index contributed by atoms with van der Waals surface area (Å²) in [5.41, 5.74) is 0. The van der Waals surface area contributed by atoms with Gasteiger partial charge in [0.15, 0.2) is 0 Å². The van der Waals surface area contributed by atoms with E-state index in [0.717, 1.165) is 0 Å². The summed E-state index contributed by atoms with van der Waals surface area (Å²) < 4.78 is 34.8. The van der Waals surface area contributed by atoms with Crippen LogP contribution in [0.5, 0.6) is 0 Å². The van der Waals surface area contributed by atoms with E-state index in [9.17, 15) is 13.2 Å². The van der Waals surface area contributed by atoms with Crippen LogP contribution in [0.15, 0.2) is 0 Å². The van der Waals surface area contributed by atoms with Crippen LogP contribution in [-0.2, 0) is 0 Å². The van der Waals surface area contributed by atoms with Crippen molar-refractivity contribution in [3.8, 4) is 0 Å². The molecule has 0 aromatic rings. The molecule has 0 rings (SSSR count). The normalized spacial score (nSPS) is 14.8. The van der Waals surface area contributed by atoms with E-state index in [0.29, 0.717) is 6.54 Å². The molecule has 0 aliphatic carbocycles. The van der Waals surface area contributed by atoms with Gasteiger partial charge in [-0.1, -0.05) is 0 Å². The number of nitrogens with one attached hydrogen (secondary N) is 1. The molecule has 0 bridgehead atoms. The Labute approximate surface area is 69.8 Å². The number of aliphatic hydroxyl groups excluding tert-OH is 1. The highest BCUT2D eigenvalue weighted by Crippen LogP contribution is 2.20. The highest BCUT2D eigenvalue weighted by atomic mass is 19.4. The summed E-state index contributed by atoms with van der Waals surface area (Å²) in [6.07, 6.45) is -4.77. The number of halogens is 3. The van der Waals surface area contributed by atoms with Crippen LogP contribution in [0.2, 0.25) is 0 Å². The van der Waals surface area contributed by atoms with E-state index in [2.05, 4.69) is 5.32 Å². The van der Waals surface area contributed by atoms with Gasteiger partial charge in [0.25, 0.3) is 0 Å². The summed E-state index contributed by atoms with van der Waals surface area (Å²) in [5.74, 6) is 0. The molecule has 2 N–H and O–H groups in total. The van der Waals surface area contributed by atoms with Crippen molar-refractivity contribution in [1.29, 1.82) is 0 Å². The number of hydrogen-bond donors (Lipinski definition) is 2. The Morgan fingerprint density at radius 1 is 1.42 bits per heavy atom. The van der Waals surface area contributed by atoms with Crippen LogP contribution >= 0.6 is 0 Å². The Morgan fingerprint density at radius 2 is 2.00 bits per heavy atom. The third kappa shape index (κ3) is 7.81. The lowest BCUT2D eigenvalue weighted by Gasteiger charge is -2.10. The predicted molar refractivity (Wildman–Crippen MR) is 39.8 cm³/mol. The highest BCUT2D eigenvalue weighted by molar-refractivity contribution is 4.59. The first kappa shape index (κ1) is 11.7. The Hall–Kier alpha value is -0.290. The standard InChI is InChI=1S/C7H14F3NO/c1-6(5-12)11-4-2-3-7(8,9)10/h6,11-12H,2-5H2,1H3. The first-order valence-electron chi connectivity index (χ1n) is 3.86. The zero-order valence-electron chi connectivity index (χ0n) is 6.99. The Kier molecular flexibility index (Phi) is 5.24. The van der Waals surface area contributed by atoms with Gasteiger partial charge >= 0.3 is 6.18 Å². The van der Waals surface area contributed by atoms with E-state index in [1.165, 1.54) is 0 Å². The molecule has 0 saturated carbocycles. The van der Waals surface area contributed by atoms with Crippen LogP contribution in [0, 0.1) is 0 Å².